The zero-order valence-corrected chi connectivity index (χ0v) is 9.96. The van der Waals surface area contributed by atoms with Crippen molar-refractivity contribution < 1.29 is 0 Å². The van der Waals surface area contributed by atoms with Crippen molar-refractivity contribution in [3.8, 4) is 0 Å². The van der Waals surface area contributed by atoms with Crippen LogP contribution in [0.4, 0.5) is 0 Å². The zero-order valence-electron chi connectivity index (χ0n) is 9.15. The van der Waals surface area contributed by atoms with E-state index in [9.17, 15) is 0 Å². The van der Waals surface area contributed by atoms with Crippen LogP contribution in [0.25, 0.3) is 0 Å². The highest BCUT2D eigenvalue weighted by Gasteiger charge is 2.30. The highest BCUT2D eigenvalue weighted by Crippen LogP contribution is 2.40. The highest BCUT2D eigenvalue weighted by atomic mass is 32.2. The second-order valence-electron chi connectivity index (χ2n) is 4.72. The fraction of sp³-hybridized carbons (Fsp3) is 0.538. The number of nitrogens with zero attached hydrogens (tertiary/aromatic N) is 1. The third-order valence-corrected chi connectivity index (χ3v) is 4.73. The molecule has 0 N–H and O–H groups in total. The first-order valence-corrected chi connectivity index (χ1v) is 6.75. The Morgan fingerprint density at radius 1 is 1.33 bits per heavy atom. The second kappa shape index (κ2) is 3.84. The maximum atomic E-state index is 2.55. The van der Waals surface area contributed by atoms with E-state index in [-0.39, 0.29) is 0 Å². The fourth-order valence-electron chi connectivity index (χ4n) is 2.39. The van der Waals surface area contributed by atoms with Crippen molar-refractivity contribution in [2.24, 2.45) is 0 Å². The molecule has 1 nitrogen and oxygen atoms in total. The van der Waals surface area contributed by atoms with E-state index in [1.54, 1.807) is 5.56 Å². The van der Waals surface area contributed by atoms with Gasteiger partial charge in [-0.05, 0) is 31.5 Å². The van der Waals surface area contributed by atoms with E-state index in [1.807, 2.05) is 11.8 Å². The van der Waals surface area contributed by atoms with E-state index in [0.29, 0.717) is 0 Å². The second-order valence-corrected chi connectivity index (χ2v) is 5.78. The van der Waals surface area contributed by atoms with E-state index >= 15 is 0 Å². The molecule has 1 aromatic carbocycles. The molecule has 0 saturated heterocycles. The molecule has 1 unspecified atom stereocenters. The van der Waals surface area contributed by atoms with Crippen molar-refractivity contribution in [2.45, 2.75) is 29.7 Å². The van der Waals surface area contributed by atoms with E-state index in [1.165, 1.54) is 30.0 Å². The normalized spacial score (nSPS) is 24.5. The first-order chi connectivity index (χ1) is 7.34. The Morgan fingerprint density at radius 2 is 2.13 bits per heavy atom. The molecule has 15 heavy (non-hydrogen) atoms. The number of fused-ring (bicyclic) bond motifs is 1. The molecule has 0 bridgehead atoms. The summed E-state index contributed by atoms with van der Waals surface area (Å²) >= 11 is 2.02. The summed E-state index contributed by atoms with van der Waals surface area (Å²) < 4.78 is 0. The van der Waals surface area contributed by atoms with Gasteiger partial charge in [-0.3, -0.25) is 0 Å². The van der Waals surface area contributed by atoms with E-state index in [2.05, 4.69) is 36.2 Å². The smallest absolute Gasteiger partial charge is 0.0108 e. The fourth-order valence-corrected chi connectivity index (χ4v) is 3.63. The van der Waals surface area contributed by atoms with Crippen molar-refractivity contribution in [1.82, 2.24) is 4.90 Å². The molecule has 1 saturated carbocycles. The van der Waals surface area contributed by atoms with E-state index in [0.717, 1.165) is 12.0 Å². The summed E-state index contributed by atoms with van der Waals surface area (Å²) in [6.07, 6.45) is 2.83. The molecule has 0 radical (unpaired) electrons. The standard InChI is InChI=1S/C13H17NS/c1-14(11-6-7-11)8-10-9-15-13-5-3-2-4-12(10)13/h2-5,10-11H,6-9H2,1H3. The average molecular weight is 219 g/mol. The third-order valence-electron chi connectivity index (χ3n) is 3.48. The molecule has 0 spiro atoms. The molecule has 2 heteroatoms. The number of hydrogen-bond acceptors (Lipinski definition) is 2. The number of hydrogen-bond donors (Lipinski definition) is 0. The minimum Gasteiger partial charge on any atom is -0.303 e. The van der Waals surface area contributed by atoms with Crippen LogP contribution >= 0.6 is 11.8 Å². The van der Waals surface area contributed by atoms with Crippen LogP contribution in [0.3, 0.4) is 0 Å². The quantitative estimate of drug-likeness (QED) is 0.769. The highest BCUT2D eigenvalue weighted by molar-refractivity contribution is 7.99. The molecule has 1 aliphatic heterocycles. The number of likely N-dealkylation sites (N-methyl/N-ethyl adjacent to an activating group) is 1. The van der Waals surface area contributed by atoms with Gasteiger partial charge in [0, 0.05) is 29.2 Å². The van der Waals surface area contributed by atoms with Gasteiger partial charge in [0.05, 0.1) is 0 Å². The number of benzene rings is 1. The van der Waals surface area contributed by atoms with Crippen molar-refractivity contribution in [3.63, 3.8) is 0 Å². The summed E-state index contributed by atoms with van der Waals surface area (Å²) in [7, 11) is 2.28. The molecule has 1 aliphatic carbocycles. The van der Waals surface area contributed by atoms with Crippen LogP contribution in [-0.4, -0.2) is 30.3 Å². The predicted octanol–water partition coefficient (Wildman–Crippen LogP) is 2.97. The molecule has 80 valence electrons. The van der Waals surface area contributed by atoms with Gasteiger partial charge in [0.2, 0.25) is 0 Å². The minimum absolute atomic E-state index is 0.761. The van der Waals surface area contributed by atoms with Crippen molar-refractivity contribution in [3.05, 3.63) is 29.8 Å². The Bertz CT molecular complexity index is 359. The molecule has 0 aromatic heterocycles. The molecular formula is C13H17NS. The number of thioether (sulfide) groups is 1. The van der Waals surface area contributed by atoms with Crippen LogP contribution in [0.5, 0.6) is 0 Å². The molecule has 1 atom stereocenters. The summed E-state index contributed by atoms with van der Waals surface area (Å²) in [5.41, 5.74) is 1.58. The van der Waals surface area contributed by atoms with Gasteiger partial charge < -0.3 is 4.90 Å². The largest absolute Gasteiger partial charge is 0.303 e. The Balaban J connectivity index is 1.73. The van der Waals surface area contributed by atoms with Gasteiger partial charge in [-0.25, -0.2) is 0 Å². The van der Waals surface area contributed by atoms with Crippen molar-refractivity contribution >= 4 is 11.8 Å². The summed E-state index contributed by atoms with van der Waals surface area (Å²) in [4.78, 5) is 4.06. The van der Waals surface area contributed by atoms with Gasteiger partial charge in [-0.2, -0.15) is 0 Å². The van der Waals surface area contributed by atoms with Gasteiger partial charge in [0.1, 0.15) is 0 Å². The third kappa shape index (κ3) is 1.93. The number of rotatable bonds is 3. The lowest BCUT2D eigenvalue weighted by Gasteiger charge is -2.20. The summed E-state index contributed by atoms with van der Waals surface area (Å²) in [5, 5.41) is 0. The monoisotopic (exact) mass is 219 g/mol. The molecule has 1 aromatic rings. The Labute approximate surface area is 95.9 Å². The van der Waals surface area contributed by atoms with Crippen LogP contribution in [-0.2, 0) is 0 Å². The summed E-state index contributed by atoms with van der Waals surface area (Å²) in [6.45, 7) is 1.24. The van der Waals surface area contributed by atoms with Crippen molar-refractivity contribution in [1.29, 1.82) is 0 Å². The lowest BCUT2D eigenvalue weighted by molar-refractivity contribution is 0.309. The lowest BCUT2D eigenvalue weighted by atomic mass is 10.0. The molecule has 3 rings (SSSR count). The topological polar surface area (TPSA) is 3.24 Å². The van der Waals surface area contributed by atoms with Crippen LogP contribution < -0.4 is 0 Å². The summed E-state index contributed by atoms with van der Waals surface area (Å²) in [5.74, 6) is 2.04. The maximum Gasteiger partial charge on any atom is 0.0108 e. The zero-order chi connectivity index (χ0) is 10.3. The van der Waals surface area contributed by atoms with Gasteiger partial charge in [-0.15, -0.1) is 11.8 Å². The van der Waals surface area contributed by atoms with Gasteiger partial charge >= 0.3 is 0 Å². The average Bonchev–Trinajstić information content (AvgIpc) is 3.03. The van der Waals surface area contributed by atoms with Gasteiger partial charge in [0.25, 0.3) is 0 Å². The predicted molar refractivity (Wildman–Crippen MR) is 65.6 cm³/mol. The van der Waals surface area contributed by atoms with Crippen LogP contribution in [0, 0.1) is 0 Å². The molecule has 0 amide bonds. The van der Waals surface area contributed by atoms with Crippen LogP contribution in [0.15, 0.2) is 29.2 Å². The first-order valence-electron chi connectivity index (χ1n) is 5.76. The molecular weight excluding hydrogens is 202 g/mol. The Morgan fingerprint density at radius 3 is 2.93 bits per heavy atom. The van der Waals surface area contributed by atoms with Gasteiger partial charge in [0.15, 0.2) is 0 Å². The minimum atomic E-state index is 0.761. The van der Waals surface area contributed by atoms with E-state index in [4.69, 9.17) is 0 Å². The molecule has 2 aliphatic rings. The Hall–Kier alpha value is -0.470. The molecule has 1 heterocycles. The lowest BCUT2D eigenvalue weighted by Crippen LogP contribution is -2.26. The van der Waals surface area contributed by atoms with Crippen molar-refractivity contribution in [2.75, 3.05) is 19.3 Å². The summed E-state index contributed by atoms with van der Waals surface area (Å²) in [6, 6.07) is 9.79. The Kier molecular flexibility index (Phi) is 2.49. The van der Waals surface area contributed by atoms with E-state index < -0.39 is 0 Å². The maximum absolute atomic E-state index is 2.55. The molecule has 1 fully saturated rings. The SMILES string of the molecule is CN(CC1CSc2ccccc21)C1CC1. The first kappa shape index (κ1) is 9.73. The van der Waals surface area contributed by atoms with Gasteiger partial charge in [-0.1, -0.05) is 18.2 Å². The van der Waals surface area contributed by atoms with Crippen LogP contribution in [0.2, 0.25) is 0 Å². The van der Waals surface area contributed by atoms with Crippen LogP contribution in [0.1, 0.15) is 24.3 Å².